The Morgan fingerprint density at radius 1 is 1.58 bits per heavy atom. The van der Waals surface area contributed by atoms with Crippen LogP contribution in [0.1, 0.15) is 35.8 Å². The van der Waals surface area contributed by atoms with Crippen LogP contribution in [-0.4, -0.2) is 23.9 Å². The van der Waals surface area contributed by atoms with E-state index in [1.165, 1.54) is 4.88 Å². The predicted octanol–water partition coefficient (Wildman–Crippen LogP) is 2.35. The van der Waals surface area contributed by atoms with Gasteiger partial charge in [0.1, 0.15) is 11.1 Å². The van der Waals surface area contributed by atoms with Crippen molar-refractivity contribution in [1.29, 1.82) is 5.26 Å². The number of fused-ring (bicyclic) bond motifs is 1. The van der Waals surface area contributed by atoms with Gasteiger partial charge in [-0.1, -0.05) is 6.92 Å². The highest BCUT2D eigenvalue weighted by Gasteiger charge is 2.31. The lowest BCUT2D eigenvalue weighted by Crippen LogP contribution is -2.29. The van der Waals surface area contributed by atoms with Gasteiger partial charge in [-0.2, -0.15) is 5.26 Å². The topological polar surface area (TPSA) is 56.1 Å². The number of hydrogen-bond donors (Lipinski definition) is 1. The van der Waals surface area contributed by atoms with E-state index >= 15 is 0 Å². The molecule has 1 amide bonds. The smallest absolute Gasteiger partial charge is 0.228 e. The summed E-state index contributed by atoms with van der Waals surface area (Å²) in [7, 11) is 0. The summed E-state index contributed by atoms with van der Waals surface area (Å²) in [4.78, 5) is 15.5. The van der Waals surface area contributed by atoms with Gasteiger partial charge in [0.15, 0.2) is 0 Å². The highest BCUT2D eigenvalue weighted by atomic mass is 32.1. The Hall–Kier alpha value is -1.38. The molecular formula is C14H17N3OS. The highest BCUT2D eigenvalue weighted by Crippen LogP contribution is 2.38. The maximum atomic E-state index is 11.9. The summed E-state index contributed by atoms with van der Waals surface area (Å²) in [5.74, 6) is 0.264. The molecule has 1 aliphatic carbocycles. The molecular weight excluding hydrogens is 258 g/mol. The summed E-state index contributed by atoms with van der Waals surface area (Å²) in [5.41, 5.74) is 1.85. The van der Waals surface area contributed by atoms with Crippen molar-refractivity contribution in [3.8, 4) is 6.07 Å². The number of carbonyl (C=O) groups excluding carboxylic acids is 1. The number of nitrogens with zero attached hydrogens (tertiary/aromatic N) is 2. The number of anilines is 1. The molecule has 2 aliphatic rings. The number of amides is 1. The summed E-state index contributed by atoms with van der Waals surface area (Å²) in [6.45, 7) is 5.10. The van der Waals surface area contributed by atoms with Crippen molar-refractivity contribution < 1.29 is 4.79 Å². The van der Waals surface area contributed by atoms with E-state index in [1.807, 2.05) is 0 Å². The minimum absolute atomic E-state index is 0.0856. The second-order valence-electron chi connectivity index (χ2n) is 5.20. The van der Waals surface area contributed by atoms with Crippen LogP contribution >= 0.6 is 11.3 Å². The first-order valence-corrected chi connectivity index (χ1v) is 7.62. The molecule has 0 bridgehead atoms. The first kappa shape index (κ1) is 12.6. The first-order valence-electron chi connectivity index (χ1n) is 6.80. The van der Waals surface area contributed by atoms with Crippen molar-refractivity contribution in [3.63, 3.8) is 0 Å². The van der Waals surface area contributed by atoms with Crippen LogP contribution < -0.4 is 5.32 Å². The van der Waals surface area contributed by atoms with Gasteiger partial charge in [-0.3, -0.25) is 9.69 Å². The third-order valence-electron chi connectivity index (χ3n) is 3.88. The van der Waals surface area contributed by atoms with Crippen LogP contribution in [-0.2, 0) is 17.8 Å². The summed E-state index contributed by atoms with van der Waals surface area (Å²) in [5, 5.41) is 13.1. The standard InChI is InChI=1S/C14H17N3OS/c1-2-17-6-5-10-11(7-15)14(19-12(10)8-17)16-13(18)9-3-4-9/h9H,2-6,8H2,1H3,(H,16,18). The number of likely N-dealkylation sites (N-methyl/N-ethyl adjacent to an activating group) is 1. The number of nitriles is 1. The molecule has 0 unspecified atom stereocenters. The quantitative estimate of drug-likeness (QED) is 0.921. The summed E-state index contributed by atoms with van der Waals surface area (Å²) >= 11 is 1.58. The monoisotopic (exact) mass is 275 g/mol. The van der Waals surface area contributed by atoms with E-state index in [-0.39, 0.29) is 11.8 Å². The molecule has 1 N–H and O–H groups in total. The molecule has 0 atom stereocenters. The maximum absolute atomic E-state index is 11.9. The Balaban J connectivity index is 1.86. The molecule has 2 heterocycles. The van der Waals surface area contributed by atoms with E-state index in [9.17, 15) is 10.1 Å². The van der Waals surface area contributed by atoms with Crippen LogP contribution in [0.25, 0.3) is 0 Å². The number of rotatable bonds is 3. The Morgan fingerprint density at radius 2 is 2.37 bits per heavy atom. The zero-order chi connectivity index (χ0) is 13.4. The van der Waals surface area contributed by atoms with Crippen molar-refractivity contribution in [2.75, 3.05) is 18.4 Å². The Labute approximate surface area is 117 Å². The molecule has 1 aromatic rings. The van der Waals surface area contributed by atoms with Gasteiger partial charge in [0.05, 0.1) is 5.56 Å². The number of thiophene rings is 1. The minimum Gasteiger partial charge on any atom is -0.316 e. The normalized spacial score (nSPS) is 18.7. The van der Waals surface area contributed by atoms with E-state index in [2.05, 4.69) is 23.2 Å². The zero-order valence-corrected chi connectivity index (χ0v) is 11.8. The molecule has 0 spiro atoms. The van der Waals surface area contributed by atoms with Crippen molar-refractivity contribution in [1.82, 2.24) is 4.90 Å². The van der Waals surface area contributed by atoms with Gasteiger partial charge in [0.25, 0.3) is 0 Å². The molecule has 3 rings (SSSR count). The van der Waals surface area contributed by atoms with Gasteiger partial charge < -0.3 is 5.32 Å². The Kier molecular flexibility index (Phi) is 3.29. The molecule has 1 aliphatic heterocycles. The summed E-state index contributed by atoms with van der Waals surface area (Å²) < 4.78 is 0. The van der Waals surface area contributed by atoms with Crippen molar-refractivity contribution in [2.45, 2.75) is 32.7 Å². The lowest BCUT2D eigenvalue weighted by Gasteiger charge is -2.24. The Morgan fingerprint density at radius 3 is 3.00 bits per heavy atom. The van der Waals surface area contributed by atoms with Gasteiger partial charge in [-0.15, -0.1) is 11.3 Å². The van der Waals surface area contributed by atoms with Gasteiger partial charge in [-0.25, -0.2) is 0 Å². The molecule has 0 saturated heterocycles. The zero-order valence-electron chi connectivity index (χ0n) is 11.0. The average Bonchev–Trinajstić information content (AvgIpc) is 3.20. The predicted molar refractivity (Wildman–Crippen MR) is 75.0 cm³/mol. The van der Waals surface area contributed by atoms with Crippen LogP contribution in [0.15, 0.2) is 0 Å². The average molecular weight is 275 g/mol. The van der Waals surface area contributed by atoms with E-state index < -0.39 is 0 Å². The molecule has 5 heteroatoms. The number of carbonyl (C=O) groups is 1. The lowest BCUT2D eigenvalue weighted by molar-refractivity contribution is -0.117. The lowest BCUT2D eigenvalue weighted by atomic mass is 10.0. The molecule has 4 nitrogen and oxygen atoms in total. The van der Waals surface area contributed by atoms with Crippen molar-refractivity contribution in [3.05, 3.63) is 16.0 Å². The fraction of sp³-hybridized carbons (Fsp3) is 0.571. The second-order valence-corrected chi connectivity index (χ2v) is 6.31. The third-order valence-corrected chi connectivity index (χ3v) is 5.01. The van der Waals surface area contributed by atoms with E-state index in [4.69, 9.17) is 0 Å². The molecule has 19 heavy (non-hydrogen) atoms. The van der Waals surface area contributed by atoms with Crippen LogP contribution in [0.2, 0.25) is 0 Å². The molecule has 1 fully saturated rings. The van der Waals surface area contributed by atoms with Crippen LogP contribution in [0.4, 0.5) is 5.00 Å². The molecule has 0 aromatic carbocycles. The highest BCUT2D eigenvalue weighted by molar-refractivity contribution is 7.16. The van der Waals surface area contributed by atoms with Crippen molar-refractivity contribution in [2.24, 2.45) is 5.92 Å². The number of nitrogens with one attached hydrogen (secondary N) is 1. The molecule has 1 saturated carbocycles. The maximum Gasteiger partial charge on any atom is 0.228 e. The Bertz CT molecular complexity index is 554. The van der Waals surface area contributed by atoms with Crippen LogP contribution in [0.5, 0.6) is 0 Å². The number of hydrogen-bond acceptors (Lipinski definition) is 4. The second kappa shape index (κ2) is 4.95. The fourth-order valence-corrected chi connectivity index (χ4v) is 3.74. The van der Waals surface area contributed by atoms with E-state index in [1.54, 1.807) is 11.3 Å². The van der Waals surface area contributed by atoms with E-state index in [0.29, 0.717) is 5.56 Å². The molecule has 1 aromatic heterocycles. The minimum atomic E-state index is 0.0856. The SMILES string of the molecule is CCN1CCc2c(sc(NC(=O)C3CC3)c2C#N)C1. The van der Waals surface area contributed by atoms with Crippen LogP contribution in [0.3, 0.4) is 0 Å². The van der Waals surface area contributed by atoms with Gasteiger partial charge in [0.2, 0.25) is 5.91 Å². The summed E-state index contributed by atoms with van der Waals surface area (Å²) in [6, 6.07) is 2.28. The fourth-order valence-electron chi connectivity index (χ4n) is 2.49. The molecule has 0 radical (unpaired) electrons. The first-order chi connectivity index (χ1) is 9.22. The van der Waals surface area contributed by atoms with Gasteiger partial charge >= 0.3 is 0 Å². The third kappa shape index (κ3) is 2.38. The van der Waals surface area contributed by atoms with Crippen molar-refractivity contribution >= 4 is 22.2 Å². The van der Waals surface area contributed by atoms with Gasteiger partial charge in [-0.05, 0) is 31.4 Å². The largest absolute Gasteiger partial charge is 0.316 e. The van der Waals surface area contributed by atoms with Crippen LogP contribution in [0, 0.1) is 17.2 Å². The van der Waals surface area contributed by atoms with E-state index in [0.717, 1.165) is 49.5 Å². The molecule has 100 valence electrons. The summed E-state index contributed by atoms with van der Waals surface area (Å²) in [6.07, 6.45) is 2.90. The van der Waals surface area contributed by atoms with Gasteiger partial charge in [0, 0.05) is 23.9 Å².